The molecule has 1 atom stereocenters. The molecule has 0 saturated carbocycles. The van der Waals surface area contributed by atoms with Gasteiger partial charge in [0, 0.05) is 13.1 Å². The number of carbonyl (C=O) groups is 1. The van der Waals surface area contributed by atoms with Gasteiger partial charge in [-0.1, -0.05) is 31.9 Å². The van der Waals surface area contributed by atoms with Gasteiger partial charge in [-0.15, -0.1) is 5.10 Å². The summed E-state index contributed by atoms with van der Waals surface area (Å²) in [5.74, 6) is -0.000861. The van der Waals surface area contributed by atoms with Crippen LogP contribution in [0.4, 0.5) is 0 Å². The van der Waals surface area contributed by atoms with Crippen LogP contribution in [-0.4, -0.2) is 34.0 Å². The Balaban J connectivity index is 2.38. The van der Waals surface area contributed by atoms with Gasteiger partial charge in [0.05, 0.1) is 11.9 Å². The molecule has 0 bridgehead atoms. The Morgan fingerprint density at radius 1 is 1.30 bits per heavy atom. The average molecular weight is 281 g/mol. The van der Waals surface area contributed by atoms with Gasteiger partial charge < -0.3 is 10.6 Å². The van der Waals surface area contributed by atoms with E-state index < -0.39 is 0 Å². The van der Waals surface area contributed by atoms with E-state index in [1.807, 2.05) is 13.1 Å². The van der Waals surface area contributed by atoms with Crippen LogP contribution in [0, 0.1) is 0 Å². The molecule has 0 aliphatic heterocycles. The largest absolute Gasteiger partial charge is 0.354 e. The second-order valence-electron chi connectivity index (χ2n) is 5.04. The highest BCUT2D eigenvalue weighted by atomic mass is 16.2. The van der Waals surface area contributed by atoms with Crippen LogP contribution in [-0.2, 0) is 11.3 Å². The van der Waals surface area contributed by atoms with Crippen LogP contribution >= 0.6 is 0 Å². The number of hydrogen-bond acceptors (Lipinski definition) is 4. The first-order valence-electron chi connectivity index (χ1n) is 7.58. The van der Waals surface area contributed by atoms with Crippen molar-refractivity contribution in [2.45, 2.75) is 59.0 Å². The van der Waals surface area contributed by atoms with Crippen LogP contribution in [0.5, 0.6) is 0 Å². The van der Waals surface area contributed by atoms with Gasteiger partial charge in [-0.3, -0.25) is 4.79 Å². The van der Waals surface area contributed by atoms with Crippen molar-refractivity contribution in [3.8, 4) is 0 Å². The van der Waals surface area contributed by atoms with Gasteiger partial charge in [0.25, 0.3) is 0 Å². The Morgan fingerprint density at radius 3 is 2.80 bits per heavy atom. The minimum absolute atomic E-state index is 0.000861. The van der Waals surface area contributed by atoms with Crippen molar-refractivity contribution in [3.63, 3.8) is 0 Å². The second-order valence-corrected chi connectivity index (χ2v) is 5.04. The predicted octanol–water partition coefficient (Wildman–Crippen LogP) is 1.65. The van der Waals surface area contributed by atoms with E-state index in [-0.39, 0.29) is 11.9 Å². The Kier molecular flexibility index (Phi) is 7.87. The summed E-state index contributed by atoms with van der Waals surface area (Å²) in [7, 11) is 0. The quantitative estimate of drug-likeness (QED) is 0.640. The summed E-state index contributed by atoms with van der Waals surface area (Å²) in [5, 5.41) is 14.3. The number of hydrogen-bond donors (Lipinski definition) is 2. The van der Waals surface area contributed by atoms with E-state index in [4.69, 9.17) is 0 Å². The molecule has 6 heteroatoms. The summed E-state index contributed by atoms with van der Waals surface area (Å²) in [4.78, 5) is 12.0. The minimum atomic E-state index is -0.316. The molecule has 20 heavy (non-hydrogen) atoms. The number of carbonyl (C=O) groups excluding carboxylic acids is 1. The summed E-state index contributed by atoms with van der Waals surface area (Å²) in [6, 6.07) is -0.316. The zero-order valence-electron chi connectivity index (χ0n) is 12.9. The number of unbranched alkanes of at least 4 members (excludes halogenated alkanes) is 2. The molecule has 2 N–H and O–H groups in total. The Hall–Kier alpha value is -1.43. The first kappa shape index (κ1) is 16.6. The summed E-state index contributed by atoms with van der Waals surface area (Å²) >= 11 is 0. The van der Waals surface area contributed by atoms with Crippen LogP contribution in [0.25, 0.3) is 0 Å². The maximum absolute atomic E-state index is 12.0. The number of aromatic nitrogens is 3. The van der Waals surface area contributed by atoms with Crippen molar-refractivity contribution in [2.24, 2.45) is 0 Å². The molecule has 0 aliphatic carbocycles. The van der Waals surface area contributed by atoms with Crippen molar-refractivity contribution in [1.29, 1.82) is 0 Å². The first-order valence-corrected chi connectivity index (χ1v) is 7.58. The molecule has 0 spiro atoms. The predicted molar refractivity (Wildman–Crippen MR) is 79.3 cm³/mol. The molecular weight excluding hydrogens is 254 g/mol. The van der Waals surface area contributed by atoms with Crippen molar-refractivity contribution in [3.05, 3.63) is 11.9 Å². The SMILES string of the molecule is CCCCCNC(=O)C(C)n1cc(CNCCC)nn1. The molecule has 0 aromatic carbocycles. The zero-order chi connectivity index (χ0) is 14.8. The Morgan fingerprint density at radius 2 is 2.10 bits per heavy atom. The normalized spacial score (nSPS) is 12.3. The maximum Gasteiger partial charge on any atom is 0.244 e. The lowest BCUT2D eigenvalue weighted by Crippen LogP contribution is -2.32. The van der Waals surface area contributed by atoms with Crippen LogP contribution in [0.2, 0.25) is 0 Å². The van der Waals surface area contributed by atoms with Crippen LogP contribution in [0.1, 0.15) is 58.2 Å². The molecule has 6 nitrogen and oxygen atoms in total. The Bertz CT molecular complexity index is 391. The van der Waals surface area contributed by atoms with E-state index in [0.717, 1.165) is 44.5 Å². The highest BCUT2D eigenvalue weighted by Gasteiger charge is 2.15. The standard InChI is InChI=1S/C14H27N5O/c1-4-6-7-9-16-14(20)12(3)19-11-13(17-18-19)10-15-8-5-2/h11-12,15H,4-10H2,1-3H3,(H,16,20). The third-order valence-corrected chi connectivity index (χ3v) is 3.15. The average Bonchev–Trinajstić information content (AvgIpc) is 2.91. The van der Waals surface area contributed by atoms with Crippen LogP contribution in [0.15, 0.2) is 6.20 Å². The third-order valence-electron chi connectivity index (χ3n) is 3.15. The van der Waals surface area contributed by atoms with E-state index in [9.17, 15) is 4.79 Å². The number of nitrogens with zero attached hydrogens (tertiary/aromatic N) is 3. The van der Waals surface area contributed by atoms with Gasteiger partial charge >= 0.3 is 0 Å². The monoisotopic (exact) mass is 281 g/mol. The molecule has 0 aliphatic rings. The Labute approximate surface area is 121 Å². The fourth-order valence-corrected chi connectivity index (χ4v) is 1.83. The number of rotatable bonds is 10. The van der Waals surface area contributed by atoms with Crippen molar-refractivity contribution < 1.29 is 4.79 Å². The van der Waals surface area contributed by atoms with Crippen LogP contribution in [0.3, 0.4) is 0 Å². The lowest BCUT2D eigenvalue weighted by Gasteiger charge is -2.11. The van der Waals surface area contributed by atoms with Gasteiger partial charge in [0.1, 0.15) is 6.04 Å². The summed E-state index contributed by atoms with van der Waals surface area (Å²) < 4.78 is 1.62. The smallest absolute Gasteiger partial charge is 0.244 e. The number of nitrogens with one attached hydrogen (secondary N) is 2. The molecule has 0 saturated heterocycles. The van der Waals surface area contributed by atoms with Crippen LogP contribution < -0.4 is 10.6 Å². The van der Waals surface area contributed by atoms with E-state index in [1.54, 1.807) is 4.68 Å². The van der Waals surface area contributed by atoms with Crippen molar-refractivity contribution in [1.82, 2.24) is 25.6 Å². The minimum Gasteiger partial charge on any atom is -0.354 e. The van der Waals surface area contributed by atoms with Gasteiger partial charge in [-0.2, -0.15) is 0 Å². The third kappa shape index (κ3) is 5.69. The zero-order valence-corrected chi connectivity index (χ0v) is 12.9. The lowest BCUT2D eigenvalue weighted by atomic mass is 10.2. The molecule has 1 rings (SSSR count). The number of amides is 1. The summed E-state index contributed by atoms with van der Waals surface area (Å²) in [5.41, 5.74) is 0.865. The molecule has 0 fully saturated rings. The van der Waals surface area contributed by atoms with E-state index in [0.29, 0.717) is 6.54 Å². The van der Waals surface area contributed by atoms with Gasteiger partial charge in [-0.05, 0) is 26.3 Å². The molecule has 1 aromatic heterocycles. The van der Waals surface area contributed by atoms with Crippen molar-refractivity contribution in [2.75, 3.05) is 13.1 Å². The highest BCUT2D eigenvalue weighted by molar-refractivity contribution is 5.79. The molecule has 1 amide bonds. The molecule has 1 heterocycles. The lowest BCUT2D eigenvalue weighted by molar-refractivity contribution is -0.124. The maximum atomic E-state index is 12.0. The molecular formula is C14H27N5O. The second kappa shape index (κ2) is 9.47. The first-order chi connectivity index (χ1) is 9.69. The van der Waals surface area contributed by atoms with E-state index >= 15 is 0 Å². The van der Waals surface area contributed by atoms with Gasteiger partial charge in [-0.25, -0.2) is 4.68 Å². The van der Waals surface area contributed by atoms with Gasteiger partial charge in [0.2, 0.25) is 5.91 Å². The van der Waals surface area contributed by atoms with E-state index in [1.165, 1.54) is 0 Å². The van der Waals surface area contributed by atoms with E-state index in [2.05, 4.69) is 34.8 Å². The molecule has 1 aromatic rings. The molecule has 0 radical (unpaired) electrons. The summed E-state index contributed by atoms with van der Waals surface area (Å²) in [6.07, 6.45) is 6.25. The fraction of sp³-hybridized carbons (Fsp3) is 0.786. The molecule has 1 unspecified atom stereocenters. The highest BCUT2D eigenvalue weighted by Crippen LogP contribution is 2.05. The van der Waals surface area contributed by atoms with Gasteiger partial charge in [0.15, 0.2) is 0 Å². The summed E-state index contributed by atoms with van der Waals surface area (Å²) in [6.45, 7) is 8.49. The topological polar surface area (TPSA) is 71.8 Å². The molecule has 114 valence electrons. The fourth-order valence-electron chi connectivity index (χ4n) is 1.83. The van der Waals surface area contributed by atoms with Crippen molar-refractivity contribution >= 4 is 5.91 Å².